The lowest BCUT2D eigenvalue weighted by atomic mass is 9.86. The summed E-state index contributed by atoms with van der Waals surface area (Å²) < 4.78 is 2.09. The number of amides is 1. The van der Waals surface area contributed by atoms with Gasteiger partial charge in [0.15, 0.2) is 5.13 Å². The molecule has 0 spiro atoms. The molecule has 0 aromatic carbocycles. The summed E-state index contributed by atoms with van der Waals surface area (Å²) in [5.74, 6) is 1.04. The summed E-state index contributed by atoms with van der Waals surface area (Å²) in [5, 5.41) is 11.7. The maximum atomic E-state index is 11.5. The Morgan fingerprint density at radius 3 is 2.79 bits per heavy atom. The quantitative estimate of drug-likeness (QED) is 0.637. The second kappa shape index (κ2) is 7.59. The number of hydrogen-bond acceptors (Lipinski definition) is 6. The molecule has 3 aromatic rings. The standard InChI is InChI=1S/C21H26N6OS/c1-6-22-16-8-7-14(10-23-16)18-17-12(4)9-15-20(19(17)27(26-18)11(2)3)29-21(25-15)24-13(5)28/h7-8,10-12H,6,9H2,1-5H3,(H,22,23)(H,24,25,28). The zero-order valence-corrected chi connectivity index (χ0v) is 18.2. The van der Waals surface area contributed by atoms with E-state index in [4.69, 9.17) is 5.10 Å². The van der Waals surface area contributed by atoms with Crippen LogP contribution in [0.4, 0.5) is 10.9 Å². The van der Waals surface area contributed by atoms with Gasteiger partial charge >= 0.3 is 0 Å². The van der Waals surface area contributed by atoms with E-state index in [-0.39, 0.29) is 17.9 Å². The first kappa shape index (κ1) is 19.6. The molecule has 0 radical (unpaired) electrons. The highest BCUT2D eigenvalue weighted by Crippen LogP contribution is 2.48. The van der Waals surface area contributed by atoms with Gasteiger partial charge < -0.3 is 10.6 Å². The Kier molecular flexibility index (Phi) is 5.12. The molecular weight excluding hydrogens is 384 g/mol. The number of fused-ring (bicyclic) bond motifs is 3. The van der Waals surface area contributed by atoms with Crippen LogP contribution in [-0.2, 0) is 11.2 Å². The van der Waals surface area contributed by atoms with Gasteiger partial charge in [-0.05, 0) is 45.2 Å². The van der Waals surface area contributed by atoms with Gasteiger partial charge in [-0.2, -0.15) is 5.10 Å². The summed E-state index contributed by atoms with van der Waals surface area (Å²) >= 11 is 1.53. The predicted octanol–water partition coefficient (Wildman–Crippen LogP) is 4.70. The molecule has 29 heavy (non-hydrogen) atoms. The van der Waals surface area contributed by atoms with Crippen molar-refractivity contribution in [2.45, 2.75) is 53.0 Å². The first-order valence-corrected chi connectivity index (χ1v) is 10.8. The van der Waals surface area contributed by atoms with Crippen molar-refractivity contribution in [1.82, 2.24) is 19.7 Å². The molecule has 1 aliphatic rings. The molecule has 7 nitrogen and oxygen atoms in total. The minimum absolute atomic E-state index is 0.103. The van der Waals surface area contributed by atoms with Crippen LogP contribution in [0.2, 0.25) is 0 Å². The topological polar surface area (TPSA) is 84.7 Å². The van der Waals surface area contributed by atoms with Crippen LogP contribution >= 0.6 is 11.3 Å². The fraction of sp³-hybridized carbons (Fsp3) is 0.429. The molecule has 2 N–H and O–H groups in total. The minimum Gasteiger partial charge on any atom is -0.370 e. The molecule has 0 bridgehead atoms. The molecule has 3 heterocycles. The van der Waals surface area contributed by atoms with Crippen molar-refractivity contribution < 1.29 is 4.79 Å². The maximum absolute atomic E-state index is 11.5. The monoisotopic (exact) mass is 410 g/mol. The fourth-order valence-electron chi connectivity index (χ4n) is 3.82. The van der Waals surface area contributed by atoms with Crippen LogP contribution in [0.3, 0.4) is 0 Å². The van der Waals surface area contributed by atoms with E-state index < -0.39 is 0 Å². The highest BCUT2D eigenvalue weighted by atomic mass is 32.1. The average molecular weight is 411 g/mol. The van der Waals surface area contributed by atoms with Gasteiger partial charge in [-0.3, -0.25) is 9.48 Å². The molecule has 8 heteroatoms. The van der Waals surface area contributed by atoms with Crippen molar-refractivity contribution in [2.75, 3.05) is 17.2 Å². The van der Waals surface area contributed by atoms with Crippen molar-refractivity contribution in [3.63, 3.8) is 0 Å². The average Bonchev–Trinajstić information content (AvgIpc) is 3.23. The first-order chi connectivity index (χ1) is 13.9. The van der Waals surface area contributed by atoms with Crippen LogP contribution in [0.15, 0.2) is 18.3 Å². The third-order valence-corrected chi connectivity index (χ3v) is 6.04. The zero-order valence-electron chi connectivity index (χ0n) is 17.4. The van der Waals surface area contributed by atoms with Crippen LogP contribution < -0.4 is 10.6 Å². The summed E-state index contributed by atoms with van der Waals surface area (Å²) in [6.07, 6.45) is 2.72. The molecule has 1 atom stereocenters. The van der Waals surface area contributed by atoms with E-state index in [2.05, 4.69) is 59.0 Å². The summed E-state index contributed by atoms with van der Waals surface area (Å²) in [4.78, 5) is 21.8. The van der Waals surface area contributed by atoms with Gasteiger partial charge in [0.1, 0.15) is 5.82 Å². The lowest BCUT2D eigenvalue weighted by Gasteiger charge is -2.21. The van der Waals surface area contributed by atoms with Crippen molar-refractivity contribution in [3.8, 4) is 21.8 Å². The minimum atomic E-state index is -0.103. The Morgan fingerprint density at radius 1 is 1.38 bits per heavy atom. The van der Waals surface area contributed by atoms with Gasteiger partial charge in [0.05, 0.1) is 22.0 Å². The Balaban J connectivity index is 1.86. The number of nitrogens with zero attached hydrogens (tertiary/aromatic N) is 4. The van der Waals surface area contributed by atoms with Gasteiger partial charge in [-0.15, -0.1) is 0 Å². The fourth-order valence-corrected chi connectivity index (χ4v) is 4.91. The normalized spacial score (nSPS) is 15.2. The van der Waals surface area contributed by atoms with Gasteiger partial charge in [0, 0.05) is 36.8 Å². The Morgan fingerprint density at radius 2 is 2.17 bits per heavy atom. The van der Waals surface area contributed by atoms with Gasteiger partial charge in [0.25, 0.3) is 0 Å². The van der Waals surface area contributed by atoms with E-state index in [9.17, 15) is 4.79 Å². The molecule has 3 aromatic heterocycles. The number of thiazole rings is 1. The smallest absolute Gasteiger partial charge is 0.223 e. The van der Waals surface area contributed by atoms with E-state index in [1.165, 1.54) is 23.8 Å². The number of nitrogens with one attached hydrogen (secondary N) is 2. The van der Waals surface area contributed by atoms with Gasteiger partial charge in [-0.1, -0.05) is 18.3 Å². The molecule has 0 aliphatic heterocycles. The number of hydrogen-bond donors (Lipinski definition) is 2. The predicted molar refractivity (Wildman–Crippen MR) is 118 cm³/mol. The largest absolute Gasteiger partial charge is 0.370 e. The molecular formula is C21H26N6OS. The molecule has 1 aliphatic carbocycles. The summed E-state index contributed by atoms with van der Waals surface area (Å²) in [7, 11) is 0. The SMILES string of the molecule is CCNc1ccc(-c2nn(C(C)C)c3c2C(C)Cc2nc(NC(C)=O)sc2-3)cn1. The third-order valence-electron chi connectivity index (χ3n) is 5.02. The molecule has 0 fully saturated rings. The molecule has 1 amide bonds. The lowest BCUT2D eigenvalue weighted by molar-refractivity contribution is -0.114. The van der Waals surface area contributed by atoms with E-state index >= 15 is 0 Å². The number of carbonyl (C=O) groups is 1. The van der Waals surface area contributed by atoms with Crippen LogP contribution in [0, 0.1) is 0 Å². The summed E-state index contributed by atoms with van der Waals surface area (Å²) in [6, 6.07) is 4.28. The second-order valence-electron chi connectivity index (χ2n) is 7.69. The van der Waals surface area contributed by atoms with Crippen LogP contribution in [0.1, 0.15) is 57.8 Å². The molecule has 4 rings (SSSR count). The molecule has 0 saturated heterocycles. The van der Waals surface area contributed by atoms with E-state index in [0.717, 1.165) is 46.3 Å². The second-order valence-corrected chi connectivity index (χ2v) is 8.69. The van der Waals surface area contributed by atoms with Crippen LogP contribution in [0.25, 0.3) is 21.8 Å². The number of anilines is 2. The first-order valence-electron chi connectivity index (χ1n) is 9.99. The van der Waals surface area contributed by atoms with Crippen LogP contribution in [-0.4, -0.2) is 32.2 Å². The highest BCUT2D eigenvalue weighted by molar-refractivity contribution is 7.19. The summed E-state index contributed by atoms with van der Waals surface area (Å²) in [5.41, 5.74) is 5.39. The maximum Gasteiger partial charge on any atom is 0.223 e. The summed E-state index contributed by atoms with van der Waals surface area (Å²) in [6.45, 7) is 10.9. The molecule has 152 valence electrons. The molecule has 0 saturated carbocycles. The Labute approximate surface area is 174 Å². The third kappa shape index (κ3) is 3.53. The molecule has 1 unspecified atom stereocenters. The highest BCUT2D eigenvalue weighted by Gasteiger charge is 2.34. The van der Waals surface area contributed by atoms with E-state index in [1.807, 2.05) is 12.3 Å². The van der Waals surface area contributed by atoms with Crippen LogP contribution in [0.5, 0.6) is 0 Å². The van der Waals surface area contributed by atoms with Crippen molar-refractivity contribution in [1.29, 1.82) is 0 Å². The van der Waals surface area contributed by atoms with Crippen molar-refractivity contribution >= 4 is 28.2 Å². The van der Waals surface area contributed by atoms with Gasteiger partial charge in [0.2, 0.25) is 5.91 Å². The zero-order chi connectivity index (χ0) is 20.7. The lowest BCUT2D eigenvalue weighted by Crippen LogP contribution is -2.11. The Bertz CT molecular complexity index is 1050. The van der Waals surface area contributed by atoms with Crippen molar-refractivity contribution in [3.05, 3.63) is 29.6 Å². The van der Waals surface area contributed by atoms with Crippen molar-refractivity contribution in [2.24, 2.45) is 0 Å². The van der Waals surface area contributed by atoms with Gasteiger partial charge in [-0.25, -0.2) is 9.97 Å². The number of carbonyl (C=O) groups excluding carboxylic acids is 1. The van der Waals surface area contributed by atoms with E-state index in [1.54, 1.807) is 0 Å². The number of aromatic nitrogens is 4. The van der Waals surface area contributed by atoms with E-state index in [0.29, 0.717) is 5.13 Å². The number of pyridine rings is 1. The Hall–Kier alpha value is -2.74. The number of rotatable bonds is 5.